The Morgan fingerprint density at radius 3 is 2.00 bits per heavy atom. The maximum atomic E-state index is 2.53. The van der Waals surface area contributed by atoms with Crippen LogP contribution < -0.4 is 0 Å². The van der Waals surface area contributed by atoms with E-state index < -0.39 is 0 Å². The zero-order chi connectivity index (χ0) is 13.8. The third-order valence-electron chi connectivity index (χ3n) is 5.95. The highest BCUT2D eigenvalue weighted by atomic mass is 14.4. The largest absolute Gasteiger partial charge is 0.0654 e. The van der Waals surface area contributed by atoms with Crippen molar-refractivity contribution in [3.8, 4) is 0 Å². The lowest BCUT2D eigenvalue weighted by atomic mass is 9.60. The minimum absolute atomic E-state index is 0.682. The molecular formula is C18H36. The van der Waals surface area contributed by atoms with Crippen LogP contribution in [0, 0.1) is 29.1 Å². The van der Waals surface area contributed by atoms with Crippen molar-refractivity contribution in [1.29, 1.82) is 0 Å². The summed E-state index contributed by atoms with van der Waals surface area (Å²) in [5.41, 5.74) is 0.682. The second kappa shape index (κ2) is 6.96. The van der Waals surface area contributed by atoms with Crippen LogP contribution in [0.2, 0.25) is 0 Å². The molecule has 0 aromatic carbocycles. The number of hydrogen-bond acceptors (Lipinski definition) is 0. The Labute approximate surface area is 116 Å². The van der Waals surface area contributed by atoms with Gasteiger partial charge in [-0.05, 0) is 48.3 Å². The molecule has 0 bridgehead atoms. The van der Waals surface area contributed by atoms with Gasteiger partial charge in [0.25, 0.3) is 0 Å². The van der Waals surface area contributed by atoms with E-state index in [1.54, 1.807) is 0 Å². The van der Waals surface area contributed by atoms with Crippen molar-refractivity contribution in [3.63, 3.8) is 0 Å². The van der Waals surface area contributed by atoms with E-state index in [9.17, 15) is 0 Å². The van der Waals surface area contributed by atoms with Crippen LogP contribution in [0.25, 0.3) is 0 Å². The monoisotopic (exact) mass is 252 g/mol. The first-order chi connectivity index (χ1) is 8.44. The molecule has 0 spiro atoms. The van der Waals surface area contributed by atoms with Gasteiger partial charge in [-0.25, -0.2) is 0 Å². The van der Waals surface area contributed by atoms with Crippen LogP contribution >= 0.6 is 0 Å². The average molecular weight is 252 g/mol. The summed E-state index contributed by atoms with van der Waals surface area (Å²) in [4.78, 5) is 0. The first kappa shape index (κ1) is 16.1. The van der Waals surface area contributed by atoms with Gasteiger partial charge in [0.15, 0.2) is 0 Å². The molecule has 3 atom stereocenters. The van der Waals surface area contributed by atoms with Gasteiger partial charge in [0.05, 0.1) is 0 Å². The molecule has 0 N–H and O–H groups in total. The van der Waals surface area contributed by atoms with Crippen molar-refractivity contribution >= 4 is 0 Å². The van der Waals surface area contributed by atoms with Crippen molar-refractivity contribution in [2.75, 3.05) is 0 Å². The lowest BCUT2D eigenvalue weighted by Crippen LogP contribution is -2.35. The Morgan fingerprint density at radius 1 is 1.06 bits per heavy atom. The van der Waals surface area contributed by atoms with Crippen molar-refractivity contribution in [1.82, 2.24) is 0 Å². The average Bonchev–Trinajstić information content (AvgIpc) is 2.29. The molecule has 0 heteroatoms. The fraction of sp³-hybridized carbons (Fsp3) is 1.00. The van der Waals surface area contributed by atoms with Crippen molar-refractivity contribution in [2.45, 2.75) is 86.5 Å². The van der Waals surface area contributed by atoms with Gasteiger partial charge < -0.3 is 0 Å². The van der Waals surface area contributed by atoms with E-state index in [1.165, 1.54) is 44.9 Å². The molecule has 1 aliphatic rings. The van der Waals surface area contributed by atoms with Crippen LogP contribution in [-0.4, -0.2) is 0 Å². The second-order valence-corrected chi connectivity index (χ2v) is 7.51. The quantitative estimate of drug-likeness (QED) is 0.475. The van der Waals surface area contributed by atoms with Crippen LogP contribution in [-0.2, 0) is 0 Å². The second-order valence-electron chi connectivity index (χ2n) is 7.51. The molecule has 108 valence electrons. The molecule has 0 saturated heterocycles. The Morgan fingerprint density at radius 2 is 1.67 bits per heavy atom. The highest BCUT2D eigenvalue weighted by molar-refractivity contribution is 4.89. The predicted molar refractivity (Wildman–Crippen MR) is 82.8 cm³/mol. The molecule has 0 aromatic rings. The number of rotatable bonds is 8. The molecule has 1 aliphatic carbocycles. The summed E-state index contributed by atoms with van der Waals surface area (Å²) in [5.74, 6) is 3.69. The lowest BCUT2D eigenvalue weighted by molar-refractivity contribution is 0.0508. The molecule has 0 amide bonds. The van der Waals surface area contributed by atoms with Gasteiger partial charge in [0.2, 0.25) is 0 Å². The Hall–Kier alpha value is 0. The summed E-state index contributed by atoms with van der Waals surface area (Å²) in [6, 6.07) is 0. The summed E-state index contributed by atoms with van der Waals surface area (Å²) < 4.78 is 0. The van der Waals surface area contributed by atoms with Gasteiger partial charge in [-0.15, -0.1) is 0 Å². The number of hydrogen-bond donors (Lipinski definition) is 0. The molecule has 1 fully saturated rings. The predicted octanol–water partition coefficient (Wildman–Crippen LogP) is 6.30. The van der Waals surface area contributed by atoms with Crippen molar-refractivity contribution in [2.24, 2.45) is 29.1 Å². The van der Waals surface area contributed by atoms with Crippen LogP contribution in [0.15, 0.2) is 0 Å². The van der Waals surface area contributed by atoms with Gasteiger partial charge in [0, 0.05) is 0 Å². The first-order valence-corrected chi connectivity index (χ1v) is 8.44. The van der Waals surface area contributed by atoms with Crippen LogP contribution in [0.3, 0.4) is 0 Å². The molecule has 18 heavy (non-hydrogen) atoms. The van der Waals surface area contributed by atoms with Crippen LogP contribution in [0.4, 0.5) is 0 Å². The minimum atomic E-state index is 0.682. The Bertz CT molecular complexity index is 224. The van der Waals surface area contributed by atoms with Gasteiger partial charge in [-0.3, -0.25) is 0 Å². The molecule has 0 radical (unpaired) electrons. The van der Waals surface area contributed by atoms with Crippen molar-refractivity contribution < 1.29 is 0 Å². The molecule has 1 saturated carbocycles. The maximum absolute atomic E-state index is 2.53. The highest BCUT2D eigenvalue weighted by Gasteiger charge is 2.38. The fourth-order valence-corrected chi connectivity index (χ4v) is 4.06. The van der Waals surface area contributed by atoms with E-state index in [1.807, 2.05) is 0 Å². The van der Waals surface area contributed by atoms with E-state index in [0.717, 1.165) is 23.7 Å². The molecule has 0 aromatic heterocycles. The molecule has 3 unspecified atom stereocenters. The fourth-order valence-electron chi connectivity index (χ4n) is 4.06. The van der Waals surface area contributed by atoms with E-state index >= 15 is 0 Å². The van der Waals surface area contributed by atoms with Gasteiger partial charge in [0.1, 0.15) is 0 Å². The first-order valence-electron chi connectivity index (χ1n) is 8.44. The molecular weight excluding hydrogens is 216 g/mol. The molecule has 0 heterocycles. The molecule has 0 aliphatic heterocycles. The molecule has 0 nitrogen and oxygen atoms in total. The Balaban J connectivity index is 2.58. The summed E-state index contributed by atoms with van der Waals surface area (Å²) in [7, 11) is 0. The van der Waals surface area contributed by atoms with Crippen LogP contribution in [0.1, 0.15) is 86.5 Å². The molecule has 1 rings (SSSR count). The lowest BCUT2D eigenvalue weighted by Gasteiger charge is -2.46. The van der Waals surface area contributed by atoms with Crippen molar-refractivity contribution in [3.05, 3.63) is 0 Å². The normalized spacial score (nSPS) is 23.5. The summed E-state index contributed by atoms with van der Waals surface area (Å²) in [5, 5.41) is 0. The highest BCUT2D eigenvalue weighted by Crippen LogP contribution is 2.49. The van der Waals surface area contributed by atoms with Gasteiger partial charge in [-0.2, -0.15) is 0 Å². The van der Waals surface area contributed by atoms with Crippen LogP contribution in [0.5, 0.6) is 0 Å². The third-order valence-corrected chi connectivity index (χ3v) is 5.95. The summed E-state index contributed by atoms with van der Waals surface area (Å²) in [6.07, 6.45) is 10.1. The standard InChI is InChI=1S/C18H36/c1-7-10-17(14(3)4)16(8-2)13-15(5)18(6)11-9-12-18/h14-17H,7-13H2,1-6H3. The van der Waals surface area contributed by atoms with Gasteiger partial charge >= 0.3 is 0 Å². The minimum Gasteiger partial charge on any atom is -0.0654 e. The van der Waals surface area contributed by atoms with E-state index in [-0.39, 0.29) is 0 Å². The van der Waals surface area contributed by atoms with E-state index in [4.69, 9.17) is 0 Å². The van der Waals surface area contributed by atoms with E-state index in [0.29, 0.717) is 5.41 Å². The zero-order valence-corrected chi connectivity index (χ0v) is 13.8. The third kappa shape index (κ3) is 3.75. The zero-order valence-electron chi connectivity index (χ0n) is 13.8. The SMILES string of the molecule is CCCC(C(C)C)C(CC)CC(C)C1(C)CCC1. The maximum Gasteiger partial charge on any atom is -0.0300 e. The Kier molecular flexibility index (Phi) is 6.21. The summed E-state index contributed by atoms with van der Waals surface area (Å²) in [6.45, 7) is 14.7. The van der Waals surface area contributed by atoms with E-state index in [2.05, 4.69) is 41.5 Å². The van der Waals surface area contributed by atoms with Gasteiger partial charge in [-0.1, -0.05) is 67.2 Å². The summed E-state index contributed by atoms with van der Waals surface area (Å²) >= 11 is 0. The topological polar surface area (TPSA) is 0 Å². The smallest absolute Gasteiger partial charge is 0.0300 e.